The smallest absolute Gasteiger partial charge is 0.260 e. The number of halogens is 1. The number of amides is 1. The first-order valence-electron chi connectivity index (χ1n) is 11.2. The first-order chi connectivity index (χ1) is 15.5. The van der Waals surface area contributed by atoms with E-state index in [2.05, 4.69) is 34.8 Å². The van der Waals surface area contributed by atoms with Crippen molar-refractivity contribution in [2.45, 2.75) is 45.7 Å². The minimum Gasteiger partial charge on any atom is -0.360 e. The van der Waals surface area contributed by atoms with Crippen LogP contribution in [-0.4, -0.2) is 27.1 Å². The third-order valence-electron chi connectivity index (χ3n) is 7.00. The highest BCUT2D eigenvalue weighted by molar-refractivity contribution is 6.33. The summed E-state index contributed by atoms with van der Waals surface area (Å²) in [5, 5.41) is 6.13. The first-order valence-corrected chi connectivity index (χ1v) is 11.6. The summed E-state index contributed by atoms with van der Waals surface area (Å²) >= 11 is 6.43. The number of carbonyl (C=O) groups is 1. The molecule has 1 aliphatic heterocycles. The topological polar surface area (TPSA) is 51.3 Å². The standard InChI is InChI=1S/C26H24ClN3O2/c1-15-10-11-21-19(14-15)17-7-5-9-22-25(17)29(21)12-13-30(22)26(31)23-16(2)32-28-24(23)18-6-3-4-8-20(18)27/h3-4,6,8,10-11,14,22H,5,7,9,12-13H2,1-2H3. The zero-order valence-electron chi connectivity index (χ0n) is 18.2. The van der Waals surface area contributed by atoms with E-state index < -0.39 is 0 Å². The average Bonchev–Trinajstić information content (AvgIpc) is 3.33. The molecule has 32 heavy (non-hydrogen) atoms. The number of fused-ring (bicyclic) bond motifs is 3. The zero-order valence-corrected chi connectivity index (χ0v) is 18.9. The van der Waals surface area contributed by atoms with Crippen LogP contribution in [0.4, 0.5) is 0 Å². The van der Waals surface area contributed by atoms with E-state index in [4.69, 9.17) is 16.1 Å². The molecule has 0 N–H and O–H groups in total. The van der Waals surface area contributed by atoms with Gasteiger partial charge in [0.05, 0.1) is 11.1 Å². The number of aryl methyl sites for hydroxylation is 3. The summed E-state index contributed by atoms with van der Waals surface area (Å²) in [6.45, 7) is 5.41. The van der Waals surface area contributed by atoms with Crippen LogP contribution in [0, 0.1) is 13.8 Å². The van der Waals surface area contributed by atoms with Gasteiger partial charge in [0.25, 0.3) is 5.91 Å². The lowest BCUT2D eigenvalue weighted by molar-refractivity contribution is 0.0600. The summed E-state index contributed by atoms with van der Waals surface area (Å²) in [4.78, 5) is 16.0. The monoisotopic (exact) mass is 445 g/mol. The quantitative estimate of drug-likeness (QED) is 0.374. The molecule has 162 valence electrons. The van der Waals surface area contributed by atoms with E-state index >= 15 is 0 Å². The molecule has 3 heterocycles. The van der Waals surface area contributed by atoms with Crippen molar-refractivity contribution in [2.24, 2.45) is 0 Å². The Morgan fingerprint density at radius 1 is 1.16 bits per heavy atom. The van der Waals surface area contributed by atoms with Crippen molar-refractivity contribution in [3.8, 4) is 11.3 Å². The number of benzene rings is 2. The fourth-order valence-corrected chi connectivity index (χ4v) is 5.79. The van der Waals surface area contributed by atoms with Crippen LogP contribution in [0.2, 0.25) is 5.02 Å². The van der Waals surface area contributed by atoms with Gasteiger partial charge in [-0.15, -0.1) is 0 Å². The van der Waals surface area contributed by atoms with Crippen LogP contribution in [0.25, 0.3) is 22.2 Å². The van der Waals surface area contributed by atoms with Crippen molar-refractivity contribution >= 4 is 28.4 Å². The van der Waals surface area contributed by atoms with Gasteiger partial charge < -0.3 is 14.0 Å². The van der Waals surface area contributed by atoms with E-state index in [1.165, 1.54) is 27.7 Å². The highest BCUT2D eigenvalue weighted by Crippen LogP contribution is 2.44. The highest BCUT2D eigenvalue weighted by Gasteiger charge is 2.39. The lowest BCUT2D eigenvalue weighted by Gasteiger charge is -2.40. The van der Waals surface area contributed by atoms with Crippen LogP contribution in [0.5, 0.6) is 0 Å². The molecule has 0 saturated carbocycles. The second-order valence-electron chi connectivity index (χ2n) is 8.88. The van der Waals surface area contributed by atoms with Crippen LogP contribution in [-0.2, 0) is 13.0 Å². The van der Waals surface area contributed by atoms with Crippen LogP contribution in [0.1, 0.15) is 51.8 Å². The SMILES string of the molecule is Cc1ccc2c(c1)c1c3n2CCN(C(=O)c2c(-c4ccccc4Cl)noc2C)C3CCC1. The van der Waals surface area contributed by atoms with Crippen LogP contribution in [0.3, 0.4) is 0 Å². The fourth-order valence-electron chi connectivity index (χ4n) is 5.57. The molecule has 0 fully saturated rings. The Kier molecular flexibility index (Phi) is 4.44. The van der Waals surface area contributed by atoms with E-state index in [0.717, 1.165) is 31.4 Å². The molecular weight excluding hydrogens is 422 g/mol. The molecule has 1 aliphatic carbocycles. The Morgan fingerprint density at radius 2 is 2.00 bits per heavy atom. The van der Waals surface area contributed by atoms with Crippen LogP contribution in [0.15, 0.2) is 47.0 Å². The predicted molar refractivity (Wildman–Crippen MR) is 125 cm³/mol. The Hall–Kier alpha value is -3.05. The molecular formula is C26H24ClN3O2. The Bertz CT molecular complexity index is 1380. The van der Waals surface area contributed by atoms with Gasteiger partial charge in [-0.3, -0.25) is 4.79 Å². The second kappa shape index (κ2) is 7.24. The molecule has 2 aromatic heterocycles. The maximum atomic E-state index is 13.9. The zero-order chi connectivity index (χ0) is 22.0. The van der Waals surface area contributed by atoms with Crippen molar-refractivity contribution in [3.05, 3.63) is 75.6 Å². The maximum absolute atomic E-state index is 13.9. The van der Waals surface area contributed by atoms with Gasteiger partial charge in [0.2, 0.25) is 0 Å². The van der Waals surface area contributed by atoms with Gasteiger partial charge in [0, 0.05) is 35.2 Å². The first kappa shape index (κ1) is 19.6. The summed E-state index contributed by atoms with van der Waals surface area (Å²) in [5.74, 6) is 0.506. The van der Waals surface area contributed by atoms with E-state index in [9.17, 15) is 4.79 Å². The third-order valence-corrected chi connectivity index (χ3v) is 7.32. The van der Waals surface area contributed by atoms with Gasteiger partial charge in [-0.1, -0.05) is 46.6 Å². The second-order valence-corrected chi connectivity index (χ2v) is 9.29. The molecule has 5 nitrogen and oxygen atoms in total. The van der Waals surface area contributed by atoms with Gasteiger partial charge in [-0.25, -0.2) is 0 Å². The molecule has 1 amide bonds. The number of rotatable bonds is 2. The van der Waals surface area contributed by atoms with E-state index in [1.54, 1.807) is 6.92 Å². The predicted octanol–water partition coefficient (Wildman–Crippen LogP) is 6.10. The van der Waals surface area contributed by atoms with Crippen LogP contribution < -0.4 is 0 Å². The summed E-state index contributed by atoms with van der Waals surface area (Å²) in [5.41, 5.74) is 7.05. The molecule has 0 radical (unpaired) electrons. The van der Waals surface area contributed by atoms with Gasteiger partial charge >= 0.3 is 0 Å². The molecule has 0 saturated heterocycles. The van der Waals surface area contributed by atoms with Crippen molar-refractivity contribution in [1.29, 1.82) is 0 Å². The van der Waals surface area contributed by atoms with E-state index in [0.29, 0.717) is 28.6 Å². The van der Waals surface area contributed by atoms with Gasteiger partial charge in [0.15, 0.2) is 0 Å². The Labute approximate surface area is 191 Å². The molecule has 2 aliphatic rings. The average molecular weight is 446 g/mol. The van der Waals surface area contributed by atoms with Gasteiger partial charge in [-0.05, 0) is 56.9 Å². The Morgan fingerprint density at radius 3 is 2.84 bits per heavy atom. The highest BCUT2D eigenvalue weighted by atomic mass is 35.5. The van der Waals surface area contributed by atoms with Crippen molar-refractivity contribution in [1.82, 2.24) is 14.6 Å². The molecule has 6 heteroatoms. The number of hydrogen-bond donors (Lipinski definition) is 0. The summed E-state index contributed by atoms with van der Waals surface area (Å²) in [6, 6.07) is 14.2. The summed E-state index contributed by atoms with van der Waals surface area (Å²) in [6.07, 6.45) is 3.12. The van der Waals surface area contributed by atoms with Crippen molar-refractivity contribution in [3.63, 3.8) is 0 Å². The number of hydrogen-bond acceptors (Lipinski definition) is 3. The number of aromatic nitrogens is 2. The lowest BCUT2D eigenvalue weighted by Crippen LogP contribution is -2.43. The molecule has 0 bridgehead atoms. The minimum atomic E-state index is -0.0239. The molecule has 1 unspecified atom stereocenters. The Balaban J connectivity index is 1.46. The summed E-state index contributed by atoms with van der Waals surface area (Å²) < 4.78 is 7.93. The number of carbonyl (C=O) groups excluding carboxylic acids is 1. The van der Waals surface area contributed by atoms with Gasteiger partial charge in [0.1, 0.15) is 17.0 Å². The molecule has 2 aromatic carbocycles. The van der Waals surface area contributed by atoms with E-state index in [-0.39, 0.29) is 11.9 Å². The molecule has 1 atom stereocenters. The van der Waals surface area contributed by atoms with E-state index in [1.807, 2.05) is 29.2 Å². The summed E-state index contributed by atoms with van der Waals surface area (Å²) in [7, 11) is 0. The van der Waals surface area contributed by atoms with Crippen LogP contribution >= 0.6 is 11.6 Å². The fraction of sp³-hybridized carbons (Fsp3) is 0.308. The minimum absolute atomic E-state index is 0.0239. The third kappa shape index (κ3) is 2.77. The number of nitrogens with zero attached hydrogens (tertiary/aromatic N) is 3. The molecule has 6 rings (SSSR count). The maximum Gasteiger partial charge on any atom is 0.260 e. The lowest BCUT2D eigenvalue weighted by atomic mass is 9.89. The van der Waals surface area contributed by atoms with Gasteiger partial charge in [-0.2, -0.15) is 0 Å². The molecule has 4 aromatic rings. The van der Waals surface area contributed by atoms with Crippen molar-refractivity contribution in [2.75, 3.05) is 6.54 Å². The van der Waals surface area contributed by atoms with Crippen molar-refractivity contribution < 1.29 is 9.32 Å². The largest absolute Gasteiger partial charge is 0.360 e. The normalized spacial score (nSPS) is 17.6. The molecule has 0 spiro atoms.